The third kappa shape index (κ3) is 2.35. The monoisotopic (exact) mass is 168 g/mol. The van der Waals surface area contributed by atoms with Crippen LogP contribution < -0.4 is 0 Å². The molecule has 60 valence electrons. The Labute approximate surface area is 71.2 Å². The van der Waals surface area contributed by atoms with Crippen molar-refractivity contribution in [3.63, 3.8) is 0 Å². The van der Waals surface area contributed by atoms with E-state index in [-0.39, 0.29) is 0 Å². The molecule has 0 aliphatic carbocycles. The molecule has 1 aromatic heterocycles. The second-order valence-electron chi connectivity index (χ2n) is 2.56. The number of thiophene rings is 1. The Hall–Kier alpha value is -0.830. The number of aryl methyl sites for hydroxylation is 1. The fourth-order valence-corrected chi connectivity index (χ4v) is 1.47. The van der Waals surface area contributed by atoms with E-state index in [2.05, 4.69) is 23.5 Å². The lowest BCUT2D eigenvalue weighted by atomic mass is 10.3. The summed E-state index contributed by atoms with van der Waals surface area (Å²) in [4.78, 5) is 1.23. The van der Waals surface area contributed by atoms with Crippen molar-refractivity contribution in [2.45, 2.75) is 6.92 Å². The Balaban J connectivity index is 2.71. The van der Waals surface area contributed by atoms with E-state index >= 15 is 0 Å². The van der Waals surface area contributed by atoms with Gasteiger partial charge < -0.3 is 5.01 Å². The molecule has 0 spiro atoms. The summed E-state index contributed by atoms with van der Waals surface area (Å²) < 4.78 is 0. The van der Waals surface area contributed by atoms with Gasteiger partial charge in [-0.2, -0.15) is 5.10 Å². The van der Waals surface area contributed by atoms with Gasteiger partial charge in [0.2, 0.25) is 0 Å². The van der Waals surface area contributed by atoms with Gasteiger partial charge in [-0.25, -0.2) is 0 Å². The molecule has 1 aromatic rings. The largest absolute Gasteiger partial charge is 0.303 e. The zero-order valence-electron chi connectivity index (χ0n) is 7.03. The molecule has 3 heteroatoms. The number of rotatable bonds is 2. The van der Waals surface area contributed by atoms with E-state index in [0.717, 1.165) is 0 Å². The Morgan fingerprint density at radius 3 is 2.73 bits per heavy atom. The SMILES string of the molecule is Cc1ccsc1/C=N/N(C)C. The molecule has 1 heterocycles. The van der Waals surface area contributed by atoms with Crippen LogP contribution >= 0.6 is 11.3 Å². The van der Waals surface area contributed by atoms with E-state index < -0.39 is 0 Å². The van der Waals surface area contributed by atoms with Crippen LogP contribution in [0.1, 0.15) is 10.4 Å². The van der Waals surface area contributed by atoms with Gasteiger partial charge in [0.05, 0.1) is 6.21 Å². The summed E-state index contributed by atoms with van der Waals surface area (Å²) in [7, 11) is 3.83. The first-order valence-electron chi connectivity index (χ1n) is 3.45. The Morgan fingerprint density at radius 1 is 1.55 bits per heavy atom. The second-order valence-corrected chi connectivity index (χ2v) is 3.51. The van der Waals surface area contributed by atoms with E-state index in [1.54, 1.807) is 16.3 Å². The lowest BCUT2D eigenvalue weighted by Gasteiger charge is -2.01. The van der Waals surface area contributed by atoms with Crippen LogP contribution in [0.2, 0.25) is 0 Å². The topological polar surface area (TPSA) is 15.6 Å². The van der Waals surface area contributed by atoms with Crippen LogP contribution in [-0.2, 0) is 0 Å². The first-order valence-corrected chi connectivity index (χ1v) is 4.33. The van der Waals surface area contributed by atoms with Gasteiger partial charge in [0.25, 0.3) is 0 Å². The maximum atomic E-state index is 4.15. The minimum absolute atomic E-state index is 1.23. The summed E-state index contributed by atoms with van der Waals surface area (Å²) in [5.41, 5.74) is 1.29. The minimum atomic E-state index is 1.23. The fourth-order valence-electron chi connectivity index (χ4n) is 0.685. The molecule has 0 radical (unpaired) electrons. The molecule has 2 nitrogen and oxygen atoms in total. The molecule has 0 N–H and O–H groups in total. The van der Waals surface area contributed by atoms with Crippen LogP contribution in [0.5, 0.6) is 0 Å². The normalized spacial score (nSPS) is 10.8. The number of hydrogen-bond donors (Lipinski definition) is 0. The van der Waals surface area contributed by atoms with Gasteiger partial charge in [-0.3, -0.25) is 0 Å². The lowest BCUT2D eigenvalue weighted by molar-refractivity contribution is 0.440. The van der Waals surface area contributed by atoms with Crippen molar-refractivity contribution in [3.8, 4) is 0 Å². The first kappa shape index (κ1) is 8.27. The molecule has 0 saturated carbocycles. The Bertz CT molecular complexity index is 250. The molecule has 0 amide bonds. The van der Waals surface area contributed by atoms with E-state index in [1.807, 2.05) is 20.3 Å². The summed E-state index contributed by atoms with van der Waals surface area (Å²) in [6, 6.07) is 2.10. The van der Waals surface area contributed by atoms with Gasteiger partial charge in [-0.05, 0) is 23.9 Å². The third-order valence-electron chi connectivity index (χ3n) is 1.31. The molecule has 11 heavy (non-hydrogen) atoms. The number of nitrogens with zero attached hydrogens (tertiary/aromatic N) is 2. The van der Waals surface area contributed by atoms with Gasteiger partial charge in [-0.1, -0.05) is 0 Å². The predicted octanol–water partition coefficient (Wildman–Crippen LogP) is 1.95. The van der Waals surface area contributed by atoms with Crippen molar-refractivity contribution in [1.29, 1.82) is 0 Å². The maximum absolute atomic E-state index is 4.15. The molecule has 0 aliphatic rings. The average molecular weight is 168 g/mol. The van der Waals surface area contributed by atoms with E-state index in [9.17, 15) is 0 Å². The Kier molecular flexibility index (Phi) is 2.65. The predicted molar refractivity (Wildman–Crippen MR) is 50.3 cm³/mol. The van der Waals surface area contributed by atoms with Crippen molar-refractivity contribution >= 4 is 17.6 Å². The molecule has 0 bridgehead atoms. The van der Waals surface area contributed by atoms with Crippen molar-refractivity contribution in [2.75, 3.05) is 14.1 Å². The minimum Gasteiger partial charge on any atom is -0.303 e. The highest BCUT2D eigenvalue weighted by molar-refractivity contribution is 7.11. The molecular weight excluding hydrogens is 156 g/mol. The van der Waals surface area contributed by atoms with Crippen molar-refractivity contribution in [1.82, 2.24) is 5.01 Å². The lowest BCUT2D eigenvalue weighted by Crippen LogP contribution is -2.01. The fraction of sp³-hybridized carbons (Fsp3) is 0.375. The highest BCUT2D eigenvalue weighted by atomic mass is 32.1. The Morgan fingerprint density at radius 2 is 2.27 bits per heavy atom. The number of hydrogen-bond acceptors (Lipinski definition) is 3. The highest BCUT2D eigenvalue weighted by Gasteiger charge is 1.93. The molecule has 0 fully saturated rings. The van der Waals surface area contributed by atoms with Crippen LogP contribution in [0, 0.1) is 6.92 Å². The van der Waals surface area contributed by atoms with Crippen LogP contribution in [0.4, 0.5) is 0 Å². The summed E-state index contributed by atoms with van der Waals surface area (Å²) in [5.74, 6) is 0. The van der Waals surface area contributed by atoms with Crippen molar-refractivity contribution < 1.29 is 0 Å². The van der Waals surface area contributed by atoms with Gasteiger partial charge in [0.15, 0.2) is 0 Å². The third-order valence-corrected chi connectivity index (χ3v) is 2.26. The van der Waals surface area contributed by atoms with Crippen LogP contribution in [-0.4, -0.2) is 25.3 Å². The van der Waals surface area contributed by atoms with E-state index in [1.165, 1.54) is 10.4 Å². The molecule has 0 saturated heterocycles. The summed E-state index contributed by atoms with van der Waals surface area (Å²) in [6.07, 6.45) is 1.89. The van der Waals surface area contributed by atoms with E-state index in [4.69, 9.17) is 0 Å². The van der Waals surface area contributed by atoms with E-state index in [0.29, 0.717) is 0 Å². The smallest absolute Gasteiger partial charge is 0.0645 e. The summed E-state index contributed by atoms with van der Waals surface area (Å²) in [5, 5.41) is 8.01. The van der Waals surface area contributed by atoms with Crippen molar-refractivity contribution in [3.05, 3.63) is 21.9 Å². The average Bonchev–Trinajstić information content (AvgIpc) is 2.31. The standard InChI is InChI=1S/C8H12N2S/c1-7-4-5-11-8(7)6-9-10(2)3/h4-6H,1-3H3/b9-6+. The van der Waals surface area contributed by atoms with Gasteiger partial charge >= 0.3 is 0 Å². The van der Waals surface area contributed by atoms with Crippen LogP contribution in [0.3, 0.4) is 0 Å². The molecular formula is C8H12N2S. The zero-order valence-corrected chi connectivity index (χ0v) is 7.85. The van der Waals surface area contributed by atoms with Gasteiger partial charge in [-0.15, -0.1) is 11.3 Å². The highest BCUT2D eigenvalue weighted by Crippen LogP contribution is 2.12. The van der Waals surface area contributed by atoms with Crippen LogP contribution in [0.25, 0.3) is 0 Å². The zero-order chi connectivity index (χ0) is 8.27. The van der Waals surface area contributed by atoms with Gasteiger partial charge in [0.1, 0.15) is 0 Å². The molecule has 0 atom stereocenters. The number of hydrazone groups is 1. The molecule has 0 unspecified atom stereocenters. The first-order chi connectivity index (χ1) is 5.20. The van der Waals surface area contributed by atoms with Crippen LogP contribution in [0.15, 0.2) is 16.5 Å². The molecule has 0 aromatic carbocycles. The second kappa shape index (κ2) is 3.53. The molecule has 1 rings (SSSR count). The maximum Gasteiger partial charge on any atom is 0.0645 e. The quantitative estimate of drug-likeness (QED) is 0.487. The van der Waals surface area contributed by atoms with Crippen molar-refractivity contribution in [2.24, 2.45) is 5.10 Å². The summed E-state index contributed by atoms with van der Waals surface area (Å²) in [6.45, 7) is 2.09. The molecule has 0 aliphatic heterocycles. The summed E-state index contributed by atoms with van der Waals surface area (Å²) >= 11 is 1.72. The van der Waals surface area contributed by atoms with Gasteiger partial charge in [0, 0.05) is 19.0 Å².